The minimum absolute atomic E-state index is 0.471. The summed E-state index contributed by atoms with van der Waals surface area (Å²) >= 11 is 0. The van der Waals surface area contributed by atoms with Gasteiger partial charge < -0.3 is 10.6 Å². The smallest absolute Gasteiger partial charge is 0.225 e. The van der Waals surface area contributed by atoms with Crippen LogP contribution in [-0.2, 0) is 6.54 Å². The van der Waals surface area contributed by atoms with Crippen molar-refractivity contribution in [3.8, 4) is 0 Å². The predicted octanol–water partition coefficient (Wildman–Crippen LogP) is 1.56. The first-order valence-corrected chi connectivity index (χ1v) is 5.42. The van der Waals surface area contributed by atoms with Crippen LogP contribution in [0.3, 0.4) is 0 Å². The first-order valence-electron chi connectivity index (χ1n) is 5.42. The summed E-state index contributed by atoms with van der Waals surface area (Å²) in [6, 6.07) is 0.471. The summed E-state index contributed by atoms with van der Waals surface area (Å²) in [5, 5.41) is 0. The molecule has 4 heteroatoms. The molecule has 0 aliphatic heterocycles. The molecule has 0 saturated heterocycles. The predicted molar refractivity (Wildman–Crippen MR) is 62.7 cm³/mol. The lowest BCUT2D eigenvalue weighted by Gasteiger charge is -2.24. The lowest BCUT2D eigenvalue weighted by Crippen LogP contribution is -2.30. The molecule has 1 aromatic heterocycles. The van der Waals surface area contributed by atoms with E-state index < -0.39 is 0 Å². The number of hydrogen-bond acceptors (Lipinski definition) is 4. The van der Waals surface area contributed by atoms with Crippen molar-refractivity contribution in [3.63, 3.8) is 0 Å². The molecular formula is C11H20N4. The molecule has 0 amide bonds. The SMILES string of the molecule is CCCC(C)N(C)c1ncc(CN)cn1. The molecule has 0 aliphatic carbocycles. The summed E-state index contributed by atoms with van der Waals surface area (Å²) in [7, 11) is 2.03. The third-order valence-corrected chi connectivity index (χ3v) is 2.61. The van der Waals surface area contributed by atoms with Crippen molar-refractivity contribution < 1.29 is 0 Å². The molecule has 0 aromatic carbocycles. The highest BCUT2D eigenvalue weighted by Gasteiger charge is 2.10. The molecule has 1 unspecified atom stereocenters. The average Bonchev–Trinajstić information content (AvgIpc) is 2.28. The van der Waals surface area contributed by atoms with E-state index in [-0.39, 0.29) is 0 Å². The largest absolute Gasteiger partial charge is 0.341 e. The highest BCUT2D eigenvalue weighted by Crippen LogP contribution is 2.11. The van der Waals surface area contributed by atoms with Crippen molar-refractivity contribution in [1.82, 2.24) is 9.97 Å². The molecule has 0 fully saturated rings. The van der Waals surface area contributed by atoms with Crippen molar-refractivity contribution in [2.24, 2.45) is 5.73 Å². The fraction of sp³-hybridized carbons (Fsp3) is 0.636. The van der Waals surface area contributed by atoms with Gasteiger partial charge in [0.2, 0.25) is 5.95 Å². The molecule has 1 heterocycles. The second-order valence-electron chi connectivity index (χ2n) is 3.84. The third-order valence-electron chi connectivity index (χ3n) is 2.61. The molecule has 4 nitrogen and oxygen atoms in total. The van der Waals surface area contributed by atoms with Gasteiger partial charge >= 0.3 is 0 Å². The van der Waals surface area contributed by atoms with Gasteiger partial charge in [-0.05, 0) is 13.3 Å². The average molecular weight is 208 g/mol. The molecule has 0 spiro atoms. The molecule has 15 heavy (non-hydrogen) atoms. The van der Waals surface area contributed by atoms with Gasteiger partial charge in [0.1, 0.15) is 0 Å². The van der Waals surface area contributed by atoms with E-state index >= 15 is 0 Å². The fourth-order valence-corrected chi connectivity index (χ4v) is 1.44. The van der Waals surface area contributed by atoms with Crippen molar-refractivity contribution >= 4 is 5.95 Å². The highest BCUT2D eigenvalue weighted by molar-refractivity contribution is 5.29. The summed E-state index contributed by atoms with van der Waals surface area (Å²) in [6.45, 7) is 4.86. The Morgan fingerprint density at radius 2 is 2.00 bits per heavy atom. The summed E-state index contributed by atoms with van der Waals surface area (Å²) in [4.78, 5) is 10.7. The zero-order valence-electron chi connectivity index (χ0n) is 9.77. The fourth-order valence-electron chi connectivity index (χ4n) is 1.44. The van der Waals surface area contributed by atoms with Crippen molar-refractivity contribution in [1.29, 1.82) is 0 Å². The maximum absolute atomic E-state index is 5.49. The van der Waals surface area contributed by atoms with Crippen molar-refractivity contribution in [3.05, 3.63) is 18.0 Å². The zero-order valence-corrected chi connectivity index (χ0v) is 9.77. The van der Waals surface area contributed by atoms with Crippen LogP contribution >= 0.6 is 0 Å². The van der Waals surface area contributed by atoms with Gasteiger partial charge in [0, 0.05) is 37.6 Å². The molecule has 0 radical (unpaired) electrons. The molecule has 0 bridgehead atoms. The Morgan fingerprint density at radius 3 is 2.47 bits per heavy atom. The Hall–Kier alpha value is -1.16. The normalized spacial score (nSPS) is 12.5. The van der Waals surface area contributed by atoms with E-state index in [4.69, 9.17) is 5.73 Å². The molecule has 0 aliphatic rings. The first-order chi connectivity index (χ1) is 7.19. The Morgan fingerprint density at radius 1 is 1.40 bits per heavy atom. The number of anilines is 1. The summed E-state index contributed by atoms with van der Waals surface area (Å²) in [5.74, 6) is 0.771. The van der Waals surface area contributed by atoms with Crippen LogP contribution in [0.25, 0.3) is 0 Å². The van der Waals surface area contributed by atoms with E-state index in [0.29, 0.717) is 12.6 Å². The van der Waals surface area contributed by atoms with Gasteiger partial charge in [-0.15, -0.1) is 0 Å². The summed E-state index contributed by atoms with van der Waals surface area (Å²) < 4.78 is 0. The van der Waals surface area contributed by atoms with Crippen LogP contribution in [0, 0.1) is 0 Å². The molecule has 0 saturated carbocycles. The van der Waals surface area contributed by atoms with E-state index in [1.807, 2.05) is 7.05 Å². The standard InChI is InChI=1S/C11H20N4/c1-4-5-9(2)15(3)11-13-7-10(6-12)8-14-11/h7-9H,4-6,12H2,1-3H3. The monoisotopic (exact) mass is 208 g/mol. The van der Waals surface area contributed by atoms with Gasteiger partial charge in [0.15, 0.2) is 0 Å². The van der Waals surface area contributed by atoms with E-state index in [9.17, 15) is 0 Å². The molecule has 1 atom stereocenters. The van der Waals surface area contributed by atoms with Crippen LogP contribution in [0.2, 0.25) is 0 Å². The van der Waals surface area contributed by atoms with Crippen LogP contribution < -0.4 is 10.6 Å². The summed E-state index contributed by atoms with van der Waals surface area (Å²) in [5.41, 5.74) is 6.46. The minimum atomic E-state index is 0.471. The van der Waals surface area contributed by atoms with E-state index in [2.05, 4.69) is 28.7 Å². The second kappa shape index (κ2) is 5.66. The van der Waals surface area contributed by atoms with Gasteiger partial charge in [0.25, 0.3) is 0 Å². The maximum atomic E-state index is 5.49. The molecule has 1 aromatic rings. The van der Waals surface area contributed by atoms with Crippen LogP contribution in [-0.4, -0.2) is 23.1 Å². The third kappa shape index (κ3) is 3.16. The van der Waals surface area contributed by atoms with Crippen LogP contribution in [0.1, 0.15) is 32.3 Å². The molecule has 2 N–H and O–H groups in total. The number of rotatable bonds is 5. The van der Waals surface area contributed by atoms with E-state index in [1.165, 1.54) is 6.42 Å². The maximum Gasteiger partial charge on any atom is 0.225 e. The number of aromatic nitrogens is 2. The van der Waals surface area contributed by atoms with Crippen molar-refractivity contribution in [2.45, 2.75) is 39.3 Å². The zero-order chi connectivity index (χ0) is 11.3. The molecule has 84 valence electrons. The Kier molecular flexibility index (Phi) is 4.49. The summed E-state index contributed by atoms with van der Waals surface area (Å²) in [6.07, 6.45) is 5.90. The van der Waals surface area contributed by atoms with Gasteiger partial charge in [0.05, 0.1) is 0 Å². The Bertz CT molecular complexity index is 283. The number of nitrogens with zero attached hydrogens (tertiary/aromatic N) is 3. The topological polar surface area (TPSA) is 55.0 Å². The number of hydrogen-bond donors (Lipinski definition) is 1. The molecular weight excluding hydrogens is 188 g/mol. The molecule has 1 rings (SSSR count). The second-order valence-corrected chi connectivity index (χ2v) is 3.84. The lowest BCUT2D eigenvalue weighted by molar-refractivity contribution is 0.605. The van der Waals surface area contributed by atoms with Crippen LogP contribution in [0.4, 0.5) is 5.95 Å². The number of nitrogens with two attached hydrogens (primary N) is 1. The van der Waals surface area contributed by atoms with Gasteiger partial charge in [-0.2, -0.15) is 0 Å². The first kappa shape index (κ1) is 11.9. The van der Waals surface area contributed by atoms with E-state index in [0.717, 1.165) is 17.9 Å². The Balaban J connectivity index is 2.69. The lowest BCUT2D eigenvalue weighted by atomic mass is 10.2. The van der Waals surface area contributed by atoms with Gasteiger partial charge in [-0.1, -0.05) is 13.3 Å². The van der Waals surface area contributed by atoms with Crippen molar-refractivity contribution in [2.75, 3.05) is 11.9 Å². The van der Waals surface area contributed by atoms with Crippen LogP contribution in [0.5, 0.6) is 0 Å². The highest BCUT2D eigenvalue weighted by atomic mass is 15.2. The Labute approximate surface area is 91.5 Å². The van der Waals surface area contributed by atoms with E-state index in [1.54, 1.807) is 12.4 Å². The van der Waals surface area contributed by atoms with Crippen LogP contribution in [0.15, 0.2) is 12.4 Å². The van der Waals surface area contributed by atoms with Gasteiger partial charge in [-0.25, -0.2) is 9.97 Å². The van der Waals surface area contributed by atoms with Gasteiger partial charge in [-0.3, -0.25) is 0 Å². The minimum Gasteiger partial charge on any atom is -0.341 e. The quantitative estimate of drug-likeness (QED) is 0.798.